The third-order valence-electron chi connectivity index (χ3n) is 3.45. The van der Waals surface area contributed by atoms with Gasteiger partial charge < -0.3 is 14.2 Å². The standard InChI is InChI=1S/C19H29NO5/c1-3-11-23-15-19(22)25-13-6-12-24-18(21)8-5-4-7-17-10-9-16(2)20-14-17/h9-10,14H,3-8,11-13,15H2,1-2H3. The molecule has 6 nitrogen and oxygen atoms in total. The molecule has 0 saturated heterocycles. The highest BCUT2D eigenvalue weighted by atomic mass is 16.6. The molecule has 0 N–H and O–H groups in total. The van der Waals surface area contributed by atoms with E-state index in [4.69, 9.17) is 14.2 Å². The van der Waals surface area contributed by atoms with Crippen LogP contribution in [0.15, 0.2) is 18.3 Å². The minimum atomic E-state index is -0.384. The Balaban J connectivity index is 1.95. The molecule has 25 heavy (non-hydrogen) atoms. The van der Waals surface area contributed by atoms with E-state index in [-0.39, 0.29) is 31.8 Å². The van der Waals surface area contributed by atoms with Crippen molar-refractivity contribution in [2.45, 2.75) is 52.4 Å². The molecule has 0 saturated carbocycles. The van der Waals surface area contributed by atoms with Gasteiger partial charge in [-0.05, 0) is 44.2 Å². The van der Waals surface area contributed by atoms with E-state index in [1.807, 2.05) is 26.1 Å². The molecular formula is C19H29NO5. The van der Waals surface area contributed by atoms with E-state index in [1.54, 1.807) is 0 Å². The molecule has 140 valence electrons. The lowest BCUT2D eigenvalue weighted by atomic mass is 10.1. The Hall–Kier alpha value is -1.95. The number of aryl methyl sites for hydroxylation is 2. The van der Waals surface area contributed by atoms with E-state index in [9.17, 15) is 9.59 Å². The fourth-order valence-corrected chi connectivity index (χ4v) is 2.09. The van der Waals surface area contributed by atoms with E-state index in [0.29, 0.717) is 19.4 Å². The number of nitrogens with zero attached hydrogens (tertiary/aromatic N) is 1. The quantitative estimate of drug-likeness (QED) is 0.402. The third-order valence-corrected chi connectivity index (χ3v) is 3.45. The molecule has 0 aliphatic heterocycles. The van der Waals surface area contributed by atoms with Crippen LogP contribution in [0.4, 0.5) is 0 Å². The highest BCUT2D eigenvalue weighted by Crippen LogP contribution is 2.07. The molecule has 1 heterocycles. The zero-order valence-corrected chi connectivity index (χ0v) is 15.3. The summed E-state index contributed by atoms with van der Waals surface area (Å²) in [5, 5.41) is 0. The minimum Gasteiger partial charge on any atom is -0.466 e. The van der Waals surface area contributed by atoms with E-state index in [1.165, 1.54) is 5.56 Å². The molecule has 6 heteroatoms. The van der Waals surface area contributed by atoms with Crippen molar-refractivity contribution in [1.29, 1.82) is 0 Å². The van der Waals surface area contributed by atoms with Gasteiger partial charge in [0.15, 0.2) is 0 Å². The second kappa shape index (κ2) is 13.4. The minimum absolute atomic E-state index is 0.0237. The summed E-state index contributed by atoms with van der Waals surface area (Å²) in [5.41, 5.74) is 2.19. The number of ether oxygens (including phenoxy) is 3. The highest BCUT2D eigenvalue weighted by Gasteiger charge is 2.05. The van der Waals surface area contributed by atoms with Crippen molar-refractivity contribution in [3.05, 3.63) is 29.6 Å². The molecule has 0 bridgehead atoms. The highest BCUT2D eigenvalue weighted by molar-refractivity contribution is 5.70. The first-order chi connectivity index (χ1) is 12.1. The molecule has 0 aliphatic rings. The number of aromatic nitrogens is 1. The zero-order chi connectivity index (χ0) is 18.3. The van der Waals surface area contributed by atoms with Crippen LogP contribution in [-0.2, 0) is 30.2 Å². The van der Waals surface area contributed by atoms with Gasteiger partial charge in [-0.2, -0.15) is 0 Å². The molecule has 0 aromatic carbocycles. The molecular weight excluding hydrogens is 322 g/mol. The van der Waals surface area contributed by atoms with Gasteiger partial charge in [0.1, 0.15) is 6.61 Å². The average Bonchev–Trinajstić information content (AvgIpc) is 2.60. The number of pyridine rings is 1. The Kier molecular flexibility index (Phi) is 11.3. The fraction of sp³-hybridized carbons (Fsp3) is 0.632. The monoisotopic (exact) mass is 351 g/mol. The number of hydrogen-bond donors (Lipinski definition) is 0. The van der Waals surface area contributed by atoms with Gasteiger partial charge >= 0.3 is 11.9 Å². The van der Waals surface area contributed by atoms with Gasteiger partial charge in [0.05, 0.1) is 13.2 Å². The summed E-state index contributed by atoms with van der Waals surface area (Å²) in [6, 6.07) is 4.06. The van der Waals surface area contributed by atoms with Gasteiger partial charge in [-0.3, -0.25) is 9.78 Å². The maximum absolute atomic E-state index is 11.6. The van der Waals surface area contributed by atoms with Gasteiger partial charge in [-0.25, -0.2) is 4.79 Å². The number of carbonyl (C=O) groups excluding carboxylic acids is 2. The van der Waals surface area contributed by atoms with Gasteiger partial charge in [0, 0.05) is 31.3 Å². The second-order valence-corrected chi connectivity index (χ2v) is 5.86. The Labute approximate surface area is 149 Å². The van der Waals surface area contributed by atoms with Crippen molar-refractivity contribution in [3.63, 3.8) is 0 Å². The van der Waals surface area contributed by atoms with Crippen LogP contribution in [0.5, 0.6) is 0 Å². The van der Waals surface area contributed by atoms with Gasteiger partial charge in [0.25, 0.3) is 0 Å². The average molecular weight is 351 g/mol. The number of hydrogen-bond acceptors (Lipinski definition) is 6. The van der Waals surface area contributed by atoms with Crippen molar-refractivity contribution < 1.29 is 23.8 Å². The lowest BCUT2D eigenvalue weighted by Crippen LogP contribution is -2.15. The molecule has 1 rings (SSSR count). The van der Waals surface area contributed by atoms with Crippen LogP contribution in [0.25, 0.3) is 0 Å². The Morgan fingerprint density at radius 1 is 1.00 bits per heavy atom. The van der Waals surface area contributed by atoms with Crippen molar-refractivity contribution in [1.82, 2.24) is 4.98 Å². The van der Waals surface area contributed by atoms with E-state index < -0.39 is 0 Å². The maximum atomic E-state index is 11.6. The van der Waals surface area contributed by atoms with Crippen molar-refractivity contribution >= 4 is 11.9 Å². The molecule has 0 aliphatic carbocycles. The predicted octanol–water partition coefficient (Wildman–Crippen LogP) is 3.01. The molecule has 0 spiro atoms. The molecule has 1 aromatic heterocycles. The molecule has 0 unspecified atom stereocenters. The van der Waals surface area contributed by atoms with E-state index in [2.05, 4.69) is 11.1 Å². The van der Waals surface area contributed by atoms with Crippen LogP contribution in [0.2, 0.25) is 0 Å². The van der Waals surface area contributed by atoms with Crippen LogP contribution in [-0.4, -0.2) is 43.4 Å². The summed E-state index contributed by atoms with van der Waals surface area (Å²) < 4.78 is 15.2. The normalized spacial score (nSPS) is 10.5. The number of carbonyl (C=O) groups is 2. The summed E-state index contributed by atoms with van der Waals surface area (Å²) in [6.07, 6.45) is 6.28. The van der Waals surface area contributed by atoms with Crippen LogP contribution in [0, 0.1) is 6.92 Å². The number of unbranched alkanes of at least 4 members (excludes halogenated alkanes) is 1. The first-order valence-corrected chi connectivity index (χ1v) is 8.92. The van der Waals surface area contributed by atoms with Crippen LogP contribution < -0.4 is 0 Å². The van der Waals surface area contributed by atoms with Crippen molar-refractivity contribution in [3.8, 4) is 0 Å². The Morgan fingerprint density at radius 2 is 1.76 bits per heavy atom. The molecule has 0 radical (unpaired) electrons. The SMILES string of the molecule is CCCOCC(=O)OCCCOC(=O)CCCCc1ccc(C)nc1. The molecule has 0 fully saturated rings. The number of esters is 2. The van der Waals surface area contributed by atoms with Gasteiger partial charge in [0.2, 0.25) is 0 Å². The van der Waals surface area contributed by atoms with Crippen LogP contribution in [0.1, 0.15) is 50.3 Å². The van der Waals surface area contributed by atoms with Crippen molar-refractivity contribution in [2.24, 2.45) is 0 Å². The first kappa shape index (κ1) is 21.1. The predicted molar refractivity (Wildman–Crippen MR) is 94.2 cm³/mol. The first-order valence-electron chi connectivity index (χ1n) is 8.92. The van der Waals surface area contributed by atoms with E-state index in [0.717, 1.165) is 31.4 Å². The van der Waals surface area contributed by atoms with Gasteiger partial charge in [-0.1, -0.05) is 13.0 Å². The van der Waals surface area contributed by atoms with Crippen LogP contribution >= 0.6 is 0 Å². The van der Waals surface area contributed by atoms with Crippen LogP contribution in [0.3, 0.4) is 0 Å². The Bertz CT molecular complexity index is 501. The molecule has 0 amide bonds. The smallest absolute Gasteiger partial charge is 0.332 e. The summed E-state index contributed by atoms with van der Waals surface area (Å²) in [4.78, 5) is 27.1. The van der Waals surface area contributed by atoms with Crippen molar-refractivity contribution in [2.75, 3.05) is 26.4 Å². The third kappa shape index (κ3) is 11.3. The molecule has 1 aromatic rings. The second-order valence-electron chi connectivity index (χ2n) is 5.86. The summed E-state index contributed by atoms with van der Waals surface area (Å²) >= 11 is 0. The maximum Gasteiger partial charge on any atom is 0.332 e. The number of rotatable bonds is 13. The fourth-order valence-electron chi connectivity index (χ4n) is 2.09. The summed E-state index contributed by atoms with van der Waals surface area (Å²) in [7, 11) is 0. The van der Waals surface area contributed by atoms with Gasteiger partial charge in [-0.15, -0.1) is 0 Å². The Morgan fingerprint density at radius 3 is 2.44 bits per heavy atom. The largest absolute Gasteiger partial charge is 0.466 e. The van der Waals surface area contributed by atoms with E-state index >= 15 is 0 Å². The topological polar surface area (TPSA) is 74.7 Å². The lowest BCUT2D eigenvalue weighted by Gasteiger charge is -2.07. The summed E-state index contributed by atoms with van der Waals surface area (Å²) in [5.74, 6) is -0.593. The lowest BCUT2D eigenvalue weighted by molar-refractivity contribution is -0.150. The molecule has 0 atom stereocenters. The summed E-state index contributed by atoms with van der Waals surface area (Å²) in [6.45, 7) is 4.96. The zero-order valence-electron chi connectivity index (χ0n) is 15.3.